The van der Waals surface area contributed by atoms with Gasteiger partial charge in [-0.1, -0.05) is 36.2 Å². The summed E-state index contributed by atoms with van der Waals surface area (Å²) in [6.45, 7) is 3.10. The average molecular weight is 232 g/mol. The van der Waals surface area contributed by atoms with E-state index in [2.05, 4.69) is 12.2 Å². The second-order valence-electron chi connectivity index (χ2n) is 3.33. The maximum atomic E-state index is 6.13. The van der Waals surface area contributed by atoms with Gasteiger partial charge in [-0.25, -0.2) is 0 Å². The number of hydrogen-bond acceptors (Lipinski definition) is 1. The van der Waals surface area contributed by atoms with E-state index in [4.69, 9.17) is 23.2 Å². The molecule has 0 aromatic heterocycles. The van der Waals surface area contributed by atoms with Gasteiger partial charge in [0.2, 0.25) is 0 Å². The summed E-state index contributed by atoms with van der Waals surface area (Å²) in [6.07, 6.45) is 1.07. The highest BCUT2D eigenvalue weighted by molar-refractivity contribution is 6.35. The number of benzene rings is 1. The Morgan fingerprint density at radius 3 is 2.57 bits per heavy atom. The molecule has 0 radical (unpaired) electrons. The van der Waals surface area contributed by atoms with E-state index >= 15 is 0 Å². The van der Waals surface area contributed by atoms with Crippen LogP contribution in [0.25, 0.3) is 0 Å². The van der Waals surface area contributed by atoms with Crippen molar-refractivity contribution in [2.75, 3.05) is 13.6 Å². The highest BCUT2D eigenvalue weighted by atomic mass is 35.5. The molecule has 1 aromatic carbocycles. The molecule has 14 heavy (non-hydrogen) atoms. The molecule has 1 N–H and O–H groups in total. The van der Waals surface area contributed by atoms with E-state index in [-0.39, 0.29) is 0 Å². The van der Waals surface area contributed by atoms with Crippen LogP contribution in [0.4, 0.5) is 0 Å². The maximum Gasteiger partial charge on any atom is 0.0456 e. The van der Waals surface area contributed by atoms with Crippen molar-refractivity contribution in [2.24, 2.45) is 0 Å². The molecule has 78 valence electrons. The lowest BCUT2D eigenvalue weighted by molar-refractivity contribution is 0.612. The Hall–Kier alpha value is -0.240. The van der Waals surface area contributed by atoms with Gasteiger partial charge in [0.1, 0.15) is 0 Å². The van der Waals surface area contributed by atoms with Gasteiger partial charge in [0.15, 0.2) is 0 Å². The zero-order valence-corrected chi connectivity index (χ0v) is 9.99. The van der Waals surface area contributed by atoms with Gasteiger partial charge in [-0.2, -0.15) is 0 Å². The summed E-state index contributed by atoms with van der Waals surface area (Å²) in [5.41, 5.74) is 1.17. The highest BCUT2D eigenvalue weighted by Crippen LogP contribution is 2.28. The van der Waals surface area contributed by atoms with E-state index < -0.39 is 0 Å². The fourth-order valence-electron chi connectivity index (χ4n) is 1.55. The van der Waals surface area contributed by atoms with Crippen molar-refractivity contribution >= 4 is 23.2 Å². The number of nitrogens with one attached hydrogen (secondary N) is 1. The van der Waals surface area contributed by atoms with Gasteiger partial charge >= 0.3 is 0 Å². The van der Waals surface area contributed by atoms with E-state index in [0.717, 1.165) is 18.0 Å². The maximum absolute atomic E-state index is 6.13. The molecule has 1 unspecified atom stereocenters. The minimum absolute atomic E-state index is 0.463. The first kappa shape index (κ1) is 11.8. The molecule has 0 aliphatic rings. The van der Waals surface area contributed by atoms with Crippen LogP contribution in [0, 0.1) is 0 Å². The molecular weight excluding hydrogens is 217 g/mol. The summed E-state index contributed by atoms with van der Waals surface area (Å²) in [4.78, 5) is 0. The van der Waals surface area contributed by atoms with Gasteiger partial charge in [-0.3, -0.25) is 0 Å². The average Bonchev–Trinajstić information content (AvgIpc) is 2.15. The summed E-state index contributed by atoms with van der Waals surface area (Å²) < 4.78 is 0. The first-order chi connectivity index (χ1) is 6.69. The molecule has 1 atom stereocenters. The third kappa shape index (κ3) is 2.88. The van der Waals surface area contributed by atoms with Crippen LogP contribution in [0.15, 0.2) is 18.2 Å². The van der Waals surface area contributed by atoms with Crippen LogP contribution in [0.3, 0.4) is 0 Å². The van der Waals surface area contributed by atoms with E-state index in [1.54, 1.807) is 6.07 Å². The van der Waals surface area contributed by atoms with Crippen molar-refractivity contribution < 1.29 is 0 Å². The van der Waals surface area contributed by atoms with Crippen LogP contribution in [0.5, 0.6) is 0 Å². The van der Waals surface area contributed by atoms with Crippen molar-refractivity contribution in [1.29, 1.82) is 0 Å². The van der Waals surface area contributed by atoms with Gasteiger partial charge in [-0.05, 0) is 37.1 Å². The Balaban J connectivity index is 2.92. The normalized spacial score (nSPS) is 12.9. The molecule has 1 nitrogen and oxygen atoms in total. The molecule has 0 heterocycles. The Morgan fingerprint density at radius 2 is 2.07 bits per heavy atom. The molecule has 0 aliphatic carbocycles. The Labute approximate surface area is 95.4 Å². The summed E-state index contributed by atoms with van der Waals surface area (Å²) in [5.74, 6) is 0.463. The molecule has 0 amide bonds. The van der Waals surface area contributed by atoms with E-state index in [9.17, 15) is 0 Å². The SMILES string of the molecule is CCC(CNC)c1ccc(Cl)cc1Cl. The van der Waals surface area contributed by atoms with Crippen molar-refractivity contribution in [3.8, 4) is 0 Å². The topological polar surface area (TPSA) is 12.0 Å². The van der Waals surface area contributed by atoms with Crippen LogP contribution < -0.4 is 5.32 Å². The van der Waals surface area contributed by atoms with Gasteiger partial charge in [0.25, 0.3) is 0 Å². The molecule has 0 aliphatic heterocycles. The molecule has 3 heteroatoms. The number of halogens is 2. The second kappa shape index (κ2) is 5.59. The monoisotopic (exact) mass is 231 g/mol. The molecular formula is C11H15Cl2N. The van der Waals surface area contributed by atoms with Crippen LogP contribution >= 0.6 is 23.2 Å². The summed E-state index contributed by atoms with van der Waals surface area (Å²) in [5, 5.41) is 4.62. The van der Waals surface area contributed by atoms with E-state index in [1.165, 1.54) is 5.56 Å². The Morgan fingerprint density at radius 1 is 1.36 bits per heavy atom. The molecule has 0 fully saturated rings. The van der Waals surface area contributed by atoms with Crippen molar-refractivity contribution in [2.45, 2.75) is 19.3 Å². The second-order valence-corrected chi connectivity index (χ2v) is 4.17. The minimum Gasteiger partial charge on any atom is -0.319 e. The standard InChI is InChI=1S/C11H15Cl2N/c1-3-8(7-14-2)10-5-4-9(12)6-11(10)13/h4-6,8,14H,3,7H2,1-2H3. The van der Waals surface area contributed by atoms with Gasteiger partial charge in [-0.15, -0.1) is 0 Å². The van der Waals surface area contributed by atoms with Crippen LogP contribution in [0.1, 0.15) is 24.8 Å². The molecule has 1 rings (SSSR count). The minimum atomic E-state index is 0.463. The van der Waals surface area contributed by atoms with Crippen LogP contribution in [-0.2, 0) is 0 Å². The van der Waals surface area contributed by atoms with Crippen molar-refractivity contribution in [3.63, 3.8) is 0 Å². The quantitative estimate of drug-likeness (QED) is 0.834. The summed E-state index contributed by atoms with van der Waals surface area (Å²) >= 11 is 12.0. The highest BCUT2D eigenvalue weighted by Gasteiger charge is 2.11. The summed E-state index contributed by atoms with van der Waals surface area (Å²) in [7, 11) is 1.95. The first-order valence-electron chi connectivity index (χ1n) is 4.78. The fraction of sp³-hybridized carbons (Fsp3) is 0.455. The first-order valence-corrected chi connectivity index (χ1v) is 5.54. The number of likely N-dealkylation sites (N-methyl/N-ethyl adjacent to an activating group) is 1. The van der Waals surface area contributed by atoms with Crippen molar-refractivity contribution in [1.82, 2.24) is 5.32 Å². The number of hydrogen-bond donors (Lipinski definition) is 1. The summed E-state index contributed by atoms with van der Waals surface area (Å²) in [6, 6.07) is 5.70. The molecule has 0 bridgehead atoms. The third-order valence-electron chi connectivity index (χ3n) is 2.35. The van der Waals surface area contributed by atoms with Gasteiger partial charge in [0.05, 0.1) is 0 Å². The largest absolute Gasteiger partial charge is 0.319 e. The molecule has 0 saturated carbocycles. The van der Waals surface area contributed by atoms with Crippen LogP contribution in [-0.4, -0.2) is 13.6 Å². The van der Waals surface area contributed by atoms with Crippen LogP contribution in [0.2, 0.25) is 10.0 Å². The zero-order valence-electron chi connectivity index (χ0n) is 8.48. The number of rotatable bonds is 4. The smallest absolute Gasteiger partial charge is 0.0456 e. The van der Waals surface area contributed by atoms with Crippen molar-refractivity contribution in [3.05, 3.63) is 33.8 Å². The Kier molecular flexibility index (Phi) is 4.73. The lowest BCUT2D eigenvalue weighted by atomic mass is 9.96. The van der Waals surface area contributed by atoms with E-state index in [1.807, 2.05) is 19.2 Å². The van der Waals surface area contributed by atoms with Gasteiger partial charge in [0, 0.05) is 16.6 Å². The fourth-order valence-corrected chi connectivity index (χ4v) is 2.12. The lowest BCUT2D eigenvalue weighted by Gasteiger charge is -2.16. The van der Waals surface area contributed by atoms with Gasteiger partial charge < -0.3 is 5.32 Å². The molecule has 0 spiro atoms. The third-order valence-corrected chi connectivity index (χ3v) is 2.91. The predicted molar refractivity (Wildman–Crippen MR) is 63.4 cm³/mol. The molecule has 0 saturated heterocycles. The lowest BCUT2D eigenvalue weighted by Crippen LogP contribution is -2.16. The Bertz CT molecular complexity index is 299. The zero-order chi connectivity index (χ0) is 10.6. The van der Waals surface area contributed by atoms with E-state index in [0.29, 0.717) is 10.9 Å². The predicted octanol–water partition coefficient (Wildman–Crippen LogP) is 3.71. The molecule has 1 aromatic rings.